The maximum atomic E-state index is 13.0. The molecular formula is C20H17BrCl2N2O2S2. The van der Waals surface area contributed by atoms with Crippen molar-refractivity contribution in [2.45, 2.75) is 23.0 Å². The maximum Gasteiger partial charge on any atom is 0.185 e. The van der Waals surface area contributed by atoms with E-state index in [0.29, 0.717) is 45.3 Å². The molecule has 0 radical (unpaired) electrons. The third kappa shape index (κ3) is 4.35. The summed E-state index contributed by atoms with van der Waals surface area (Å²) in [7, 11) is -3.37. The van der Waals surface area contributed by atoms with Crippen LogP contribution in [0.3, 0.4) is 0 Å². The van der Waals surface area contributed by atoms with Crippen LogP contribution in [0.5, 0.6) is 0 Å². The number of sulfone groups is 1. The van der Waals surface area contributed by atoms with Gasteiger partial charge in [-0.05, 0) is 59.1 Å². The van der Waals surface area contributed by atoms with E-state index < -0.39 is 9.84 Å². The first-order chi connectivity index (χ1) is 13.9. The van der Waals surface area contributed by atoms with Crippen molar-refractivity contribution in [3.05, 3.63) is 62.4 Å². The van der Waals surface area contributed by atoms with Crippen LogP contribution in [0, 0.1) is 0 Å². The monoisotopic (exact) mass is 530 g/mol. The Morgan fingerprint density at radius 1 is 1.10 bits per heavy atom. The molecule has 2 aromatic carbocycles. The van der Waals surface area contributed by atoms with Crippen LogP contribution in [0.1, 0.15) is 12.8 Å². The highest BCUT2D eigenvalue weighted by Crippen LogP contribution is 2.35. The quantitative estimate of drug-likeness (QED) is 0.395. The molecule has 1 aliphatic rings. The van der Waals surface area contributed by atoms with Gasteiger partial charge in [-0.2, -0.15) is 0 Å². The summed E-state index contributed by atoms with van der Waals surface area (Å²) in [5, 5.41) is 3.61. The second-order valence-corrected chi connectivity index (χ2v) is 11.5. The highest BCUT2D eigenvalue weighted by Gasteiger charge is 2.33. The molecule has 0 unspecified atom stereocenters. The summed E-state index contributed by atoms with van der Waals surface area (Å²) in [6, 6.07) is 12.4. The maximum absolute atomic E-state index is 13.0. The van der Waals surface area contributed by atoms with Crippen LogP contribution in [-0.2, 0) is 9.84 Å². The third-order valence-electron chi connectivity index (χ3n) is 4.99. The lowest BCUT2D eigenvalue weighted by molar-refractivity contribution is 0.529. The van der Waals surface area contributed by atoms with Crippen LogP contribution >= 0.6 is 50.5 Å². The van der Waals surface area contributed by atoms with Gasteiger partial charge in [0.25, 0.3) is 0 Å². The molecule has 9 heteroatoms. The zero-order valence-electron chi connectivity index (χ0n) is 15.2. The van der Waals surface area contributed by atoms with E-state index in [1.165, 1.54) is 11.3 Å². The minimum atomic E-state index is -3.37. The molecule has 1 saturated heterocycles. The molecule has 1 aromatic heterocycles. The fourth-order valence-corrected chi connectivity index (χ4v) is 7.59. The van der Waals surface area contributed by atoms with Crippen molar-refractivity contribution >= 4 is 65.4 Å². The lowest BCUT2D eigenvalue weighted by atomic mass is 10.1. The van der Waals surface area contributed by atoms with Crippen molar-refractivity contribution in [1.82, 2.24) is 4.98 Å². The average molecular weight is 532 g/mol. The minimum Gasteiger partial charge on any atom is -0.348 e. The van der Waals surface area contributed by atoms with Crippen molar-refractivity contribution in [3.63, 3.8) is 0 Å². The van der Waals surface area contributed by atoms with Gasteiger partial charge in [0.2, 0.25) is 0 Å². The molecule has 0 atom stereocenters. The van der Waals surface area contributed by atoms with Crippen LogP contribution < -0.4 is 4.90 Å². The topological polar surface area (TPSA) is 50.3 Å². The predicted molar refractivity (Wildman–Crippen MR) is 124 cm³/mol. The highest BCUT2D eigenvalue weighted by atomic mass is 79.9. The Kier molecular flexibility index (Phi) is 6.23. The number of benzene rings is 2. The molecule has 0 spiro atoms. The van der Waals surface area contributed by atoms with Gasteiger partial charge in [-0.25, -0.2) is 13.4 Å². The van der Waals surface area contributed by atoms with Crippen LogP contribution in [0.2, 0.25) is 10.0 Å². The van der Waals surface area contributed by atoms with Crippen molar-refractivity contribution in [1.29, 1.82) is 0 Å². The normalized spacial score (nSPS) is 15.6. The molecule has 0 N–H and O–H groups in total. The summed E-state index contributed by atoms with van der Waals surface area (Å²) in [5.74, 6) is 0. The van der Waals surface area contributed by atoms with Gasteiger partial charge in [0, 0.05) is 33.5 Å². The van der Waals surface area contributed by atoms with Gasteiger partial charge < -0.3 is 4.90 Å². The summed E-state index contributed by atoms with van der Waals surface area (Å²) in [6.07, 6.45) is 1.14. The SMILES string of the molecule is O=S(=O)(c1ccccc1Br)C1CCN(c2nc(-c3ccc(Cl)cc3Cl)cs2)CC1. The number of hydrogen-bond donors (Lipinski definition) is 0. The first-order valence-electron chi connectivity index (χ1n) is 9.00. The number of aromatic nitrogens is 1. The smallest absolute Gasteiger partial charge is 0.185 e. The first kappa shape index (κ1) is 21.1. The summed E-state index contributed by atoms with van der Waals surface area (Å²) < 4.78 is 26.7. The van der Waals surface area contributed by atoms with Crippen molar-refractivity contribution < 1.29 is 8.42 Å². The van der Waals surface area contributed by atoms with E-state index in [9.17, 15) is 8.42 Å². The van der Waals surface area contributed by atoms with Crippen molar-refractivity contribution in [2.75, 3.05) is 18.0 Å². The Bertz CT molecular complexity index is 1140. The Balaban J connectivity index is 1.48. The Morgan fingerprint density at radius 2 is 1.83 bits per heavy atom. The number of halogens is 3. The van der Waals surface area contributed by atoms with E-state index in [0.717, 1.165) is 16.4 Å². The Hall–Kier alpha value is -1.12. The molecule has 1 aliphatic heterocycles. The Morgan fingerprint density at radius 3 is 2.52 bits per heavy atom. The van der Waals surface area contributed by atoms with Crippen LogP contribution in [0.4, 0.5) is 5.13 Å². The lowest BCUT2D eigenvalue weighted by Crippen LogP contribution is -2.39. The van der Waals surface area contributed by atoms with Gasteiger partial charge in [0.15, 0.2) is 15.0 Å². The second kappa shape index (κ2) is 8.55. The molecule has 4 rings (SSSR count). The molecule has 4 nitrogen and oxygen atoms in total. The van der Waals surface area contributed by atoms with E-state index in [4.69, 9.17) is 28.2 Å². The fraction of sp³-hybridized carbons (Fsp3) is 0.250. The second-order valence-electron chi connectivity index (χ2n) is 6.80. The molecule has 29 heavy (non-hydrogen) atoms. The van der Waals surface area contributed by atoms with E-state index in [2.05, 4.69) is 20.8 Å². The van der Waals surface area contributed by atoms with Gasteiger partial charge in [-0.1, -0.05) is 35.3 Å². The number of anilines is 1. The molecule has 2 heterocycles. The highest BCUT2D eigenvalue weighted by molar-refractivity contribution is 9.10. The van der Waals surface area contributed by atoms with E-state index in [1.54, 1.807) is 30.3 Å². The van der Waals surface area contributed by atoms with Gasteiger partial charge in [-0.3, -0.25) is 0 Å². The molecule has 0 aliphatic carbocycles. The number of nitrogens with zero attached hydrogens (tertiary/aromatic N) is 2. The summed E-state index contributed by atoms with van der Waals surface area (Å²) in [6.45, 7) is 1.30. The number of thiazole rings is 1. The lowest BCUT2D eigenvalue weighted by Gasteiger charge is -2.31. The molecule has 3 aromatic rings. The summed E-state index contributed by atoms with van der Waals surface area (Å²) >= 11 is 17.2. The number of rotatable bonds is 4. The summed E-state index contributed by atoms with van der Waals surface area (Å²) in [4.78, 5) is 7.22. The third-order valence-corrected chi connectivity index (χ3v) is 9.71. The van der Waals surface area contributed by atoms with Gasteiger partial charge in [0.1, 0.15) is 0 Å². The van der Waals surface area contributed by atoms with Gasteiger partial charge in [0.05, 0.1) is 20.9 Å². The first-order valence-corrected chi connectivity index (χ1v) is 13.0. The van der Waals surface area contributed by atoms with E-state index >= 15 is 0 Å². The molecule has 0 saturated carbocycles. The molecular weight excluding hydrogens is 515 g/mol. The number of piperidine rings is 1. The van der Waals surface area contributed by atoms with E-state index in [1.807, 2.05) is 17.5 Å². The number of hydrogen-bond acceptors (Lipinski definition) is 5. The van der Waals surface area contributed by atoms with Crippen LogP contribution in [0.15, 0.2) is 57.2 Å². The van der Waals surface area contributed by atoms with Crippen molar-refractivity contribution in [2.24, 2.45) is 0 Å². The van der Waals surface area contributed by atoms with Gasteiger partial charge >= 0.3 is 0 Å². The Labute approximate surface area is 192 Å². The fourth-order valence-electron chi connectivity index (χ4n) is 3.44. The van der Waals surface area contributed by atoms with Crippen LogP contribution in [-0.4, -0.2) is 31.7 Å². The summed E-state index contributed by atoms with van der Waals surface area (Å²) in [5.41, 5.74) is 1.64. The minimum absolute atomic E-state index is 0.368. The zero-order chi connectivity index (χ0) is 20.6. The van der Waals surface area contributed by atoms with Crippen LogP contribution in [0.25, 0.3) is 11.3 Å². The average Bonchev–Trinajstić information content (AvgIpc) is 3.18. The van der Waals surface area contributed by atoms with Gasteiger partial charge in [-0.15, -0.1) is 11.3 Å². The van der Waals surface area contributed by atoms with E-state index in [-0.39, 0.29) is 5.25 Å². The largest absolute Gasteiger partial charge is 0.348 e. The standard InChI is InChI=1S/C20H17BrCl2N2O2S2/c21-16-3-1-2-4-19(16)29(26,27)14-7-9-25(10-8-14)20-24-18(12-28-20)15-6-5-13(22)11-17(15)23/h1-6,11-12,14H,7-10H2. The molecule has 1 fully saturated rings. The molecule has 152 valence electrons. The molecule has 0 amide bonds. The zero-order valence-corrected chi connectivity index (χ0v) is 19.9. The van der Waals surface area contributed by atoms with Crippen molar-refractivity contribution in [3.8, 4) is 11.3 Å². The molecule has 0 bridgehead atoms. The predicted octanol–water partition coefficient (Wildman–Crippen LogP) is 6.32.